The van der Waals surface area contributed by atoms with Crippen molar-refractivity contribution in [3.05, 3.63) is 23.8 Å². The molecule has 3 N–H and O–H groups in total. The second-order valence-corrected chi connectivity index (χ2v) is 5.79. The molecule has 6 nitrogen and oxygen atoms in total. The first-order valence-electron chi connectivity index (χ1n) is 5.88. The van der Waals surface area contributed by atoms with Gasteiger partial charge in [0.25, 0.3) is 0 Å². The molecule has 0 saturated heterocycles. The highest BCUT2D eigenvalue weighted by Gasteiger charge is 2.05. The summed E-state index contributed by atoms with van der Waals surface area (Å²) < 4.78 is 31.8. The van der Waals surface area contributed by atoms with E-state index in [4.69, 9.17) is 14.6 Å². The van der Waals surface area contributed by atoms with E-state index in [9.17, 15) is 8.42 Å². The minimum Gasteiger partial charge on any atom is -0.493 e. The predicted molar refractivity (Wildman–Crippen MR) is 74.1 cm³/mol. The molecule has 0 saturated carbocycles. The Morgan fingerprint density at radius 3 is 2.42 bits per heavy atom. The zero-order valence-corrected chi connectivity index (χ0v) is 12.0. The molecular weight excluding hydrogens is 268 g/mol. The third-order valence-electron chi connectivity index (χ3n) is 2.60. The van der Waals surface area contributed by atoms with Crippen LogP contribution in [0.15, 0.2) is 18.2 Å². The minimum atomic E-state index is -3.39. The molecule has 0 aliphatic carbocycles. The number of rotatable bonds is 8. The second kappa shape index (κ2) is 7.32. The Hall–Kier alpha value is -1.31. The van der Waals surface area contributed by atoms with Gasteiger partial charge in [-0.2, -0.15) is 0 Å². The van der Waals surface area contributed by atoms with Crippen molar-refractivity contribution < 1.29 is 17.9 Å². The molecule has 1 rings (SSSR count). The summed E-state index contributed by atoms with van der Waals surface area (Å²) in [7, 11) is -0.209. The lowest BCUT2D eigenvalue weighted by Gasteiger charge is -2.10. The van der Waals surface area contributed by atoms with E-state index < -0.39 is 10.0 Å². The van der Waals surface area contributed by atoms with Gasteiger partial charge in [0.05, 0.1) is 20.0 Å². The molecule has 7 heteroatoms. The predicted octanol–water partition coefficient (Wildman–Crippen LogP) is 0.124. The second-order valence-electron chi connectivity index (χ2n) is 4.06. The number of nitrogens with two attached hydrogens (primary N) is 1. The average Bonchev–Trinajstić information content (AvgIpc) is 2.36. The Kier molecular flexibility index (Phi) is 6.07. The van der Waals surface area contributed by atoms with Crippen molar-refractivity contribution in [2.75, 3.05) is 33.1 Å². The van der Waals surface area contributed by atoms with E-state index in [0.717, 1.165) is 12.0 Å². The number of sulfonamides is 1. The van der Waals surface area contributed by atoms with Crippen LogP contribution in [0.1, 0.15) is 5.56 Å². The van der Waals surface area contributed by atoms with Gasteiger partial charge in [0.1, 0.15) is 0 Å². The van der Waals surface area contributed by atoms with E-state index in [0.29, 0.717) is 24.6 Å². The van der Waals surface area contributed by atoms with Gasteiger partial charge >= 0.3 is 0 Å². The highest BCUT2D eigenvalue weighted by Crippen LogP contribution is 2.27. The van der Waals surface area contributed by atoms with Crippen molar-refractivity contribution >= 4 is 10.0 Å². The summed E-state index contributed by atoms with van der Waals surface area (Å²) in [6.07, 6.45) is 0.769. The van der Waals surface area contributed by atoms with Crippen LogP contribution in [0.5, 0.6) is 11.5 Å². The van der Waals surface area contributed by atoms with Crippen LogP contribution in [0, 0.1) is 0 Å². The van der Waals surface area contributed by atoms with E-state index in [1.54, 1.807) is 14.2 Å². The summed E-state index contributed by atoms with van der Waals surface area (Å²) in [5.41, 5.74) is 1.08. The zero-order chi connectivity index (χ0) is 14.3. The van der Waals surface area contributed by atoms with Gasteiger partial charge in [-0.25, -0.2) is 13.6 Å². The Morgan fingerprint density at radius 2 is 1.84 bits per heavy atom. The van der Waals surface area contributed by atoms with Crippen molar-refractivity contribution in [3.8, 4) is 11.5 Å². The highest BCUT2D eigenvalue weighted by atomic mass is 32.2. The maximum atomic E-state index is 10.7. The van der Waals surface area contributed by atoms with Gasteiger partial charge in [-0.3, -0.25) is 0 Å². The van der Waals surface area contributed by atoms with Crippen molar-refractivity contribution in [2.45, 2.75) is 6.42 Å². The Morgan fingerprint density at radius 1 is 1.16 bits per heavy atom. The SMILES string of the molecule is COc1ccc(CCNCCS(N)(=O)=O)cc1OC. The summed E-state index contributed by atoms with van der Waals surface area (Å²) in [5, 5.41) is 7.93. The lowest BCUT2D eigenvalue weighted by Crippen LogP contribution is -2.28. The Bertz CT molecular complexity index is 502. The quantitative estimate of drug-likeness (QED) is 0.663. The van der Waals surface area contributed by atoms with Crippen molar-refractivity contribution in [3.63, 3.8) is 0 Å². The molecule has 0 aliphatic heterocycles. The largest absolute Gasteiger partial charge is 0.493 e. The van der Waals surface area contributed by atoms with Crippen LogP contribution < -0.4 is 19.9 Å². The summed E-state index contributed by atoms with van der Waals surface area (Å²) in [6.45, 7) is 1.02. The molecular formula is C12H20N2O4S. The number of primary sulfonamides is 1. The number of hydrogen-bond acceptors (Lipinski definition) is 5. The number of benzene rings is 1. The molecule has 0 aromatic heterocycles. The highest BCUT2D eigenvalue weighted by molar-refractivity contribution is 7.89. The van der Waals surface area contributed by atoms with Gasteiger partial charge < -0.3 is 14.8 Å². The number of hydrogen-bond donors (Lipinski definition) is 2. The van der Waals surface area contributed by atoms with Gasteiger partial charge in [0.2, 0.25) is 10.0 Å². The zero-order valence-electron chi connectivity index (χ0n) is 11.2. The van der Waals surface area contributed by atoms with Crippen LogP contribution in [0.25, 0.3) is 0 Å². The summed E-state index contributed by atoms with van der Waals surface area (Å²) >= 11 is 0. The van der Waals surface area contributed by atoms with Crippen LogP contribution in [-0.2, 0) is 16.4 Å². The number of methoxy groups -OCH3 is 2. The lowest BCUT2D eigenvalue weighted by atomic mass is 10.1. The van der Waals surface area contributed by atoms with E-state index in [2.05, 4.69) is 5.32 Å². The third-order valence-corrected chi connectivity index (χ3v) is 3.37. The molecule has 0 spiro atoms. The molecule has 1 aromatic rings. The third kappa shape index (κ3) is 5.91. The first-order chi connectivity index (χ1) is 8.96. The fourth-order valence-corrected chi connectivity index (χ4v) is 2.04. The molecule has 0 aliphatic rings. The molecule has 0 amide bonds. The Labute approximate surface area is 113 Å². The molecule has 0 heterocycles. The standard InChI is InChI=1S/C12H20N2O4S/c1-17-11-4-3-10(9-12(11)18-2)5-6-14-7-8-19(13,15)16/h3-4,9,14H,5-8H2,1-2H3,(H2,13,15,16). The van der Waals surface area contributed by atoms with Crippen molar-refractivity contribution in [1.82, 2.24) is 5.32 Å². The molecule has 108 valence electrons. The summed E-state index contributed by atoms with van der Waals surface area (Å²) in [6, 6.07) is 5.70. The maximum Gasteiger partial charge on any atom is 0.210 e. The molecule has 0 bridgehead atoms. The summed E-state index contributed by atoms with van der Waals surface area (Å²) in [5.74, 6) is 1.32. The van der Waals surface area contributed by atoms with Crippen LogP contribution in [-0.4, -0.2) is 41.5 Å². The van der Waals surface area contributed by atoms with Gasteiger partial charge in [-0.1, -0.05) is 6.07 Å². The normalized spacial score (nSPS) is 11.3. The lowest BCUT2D eigenvalue weighted by molar-refractivity contribution is 0.354. The Balaban J connectivity index is 2.41. The monoisotopic (exact) mass is 288 g/mol. The minimum absolute atomic E-state index is 0.0566. The van der Waals surface area contributed by atoms with E-state index >= 15 is 0 Å². The molecule has 0 fully saturated rings. The van der Waals surface area contributed by atoms with Crippen molar-refractivity contribution in [2.24, 2.45) is 5.14 Å². The molecule has 0 radical (unpaired) electrons. The fourth-order valence-electron chi connectivity index (χ4n) is 1.61. The number of ether oxygens (including phenoxy) is 2. The van der Waals surface area contributed by atoms with Crippen molar-refractivity contribution in [1.29, 1.82) is 0 Å². The first kappa shape index (κ1) is 15.7. The van der Waals surface area contributed by atoms with Gasteiger partial charge in [-0.15, -0.1) is 0 Å². The van der Waals surface area contributed by atoms with E-state index in [-0.39, 0.29) is 5.75 Å². The summed E-state index contributed by atoms with van der Waals surface area (Å²) in [4.78, 5) is 0. The van der Waals surface area contributed by atoms with Crippen LogP contribution in [0.2, 0.25) is 0 Å². The average molecular weight is 288 g/mol. The van der Waals surface area contributed by atoms with Crippen LogP contribution in [0.4, 0.5) is 0 Å². The van der Waals surface area contributed by atoms with Gasteiger partial charge in [-0.05, 0) is 30.7 Å². The van der Waals surface area contributed by atoms with Crippen LogP contribution in [0.3, 0.4) is 0 Å². The van der Waals surface area contributed by atoms with Gasteiger partial charge in [0, 0.05) is 6.54 Å². The maximum absolute atomic E-state index is 10.7. The number of nitrogens with one attached hydrogen (secondary N) is 1. The van der Waals surface area contributed by atoms with Gasteiger partial charge in [0.15, 0.2) is 11.5 Å². The fraction of sp³-hybridized carbons (Fsp3) is 0.500. The molecule has 0 atom stereocenters. The molecule has 1 aromatic carbocycles. The topological polar surface area (TPSA) is 90.6 Å². The van der Waals surface area contributed by atoms with E-state index in [1.165, 1.54) is 0 Å². The smallest absolute Gasteiger partial charge is 0.210 e. The van der Waals surface area contributed by atoms with Crippen LogP contribution >= 0.6 is 0 Å². The molecule has 19 heavy (non-hydrogen) atoms. The molecule has 0 unspecified atom stereocenters. The van der Waals surface area contributed by atoms with E-state index in [1.807, 2.05) is 18.2 Å². The first-order valence-corrected chi connectivity index (χ1v) is 7.60.